The summed E-state index contributed by atoms with van der Waals surface area (Å²) in [5, 5.41) is 0. The van der Waals surface area contributed by atoms with Gasteiger partial charge in [0, 0.05) is 0 Å². The number of allylic oxidation sites excluding steroid dienone is 6. The summed E-state index contributed by atoms with van der Waals surface area (Å²) in [5.74, 6) is 0. The second kappa shape index (κ2) is 7.73. The van der Waals surface area contributed by atoms with E-state index >= 15 is 0 Å². The highest BCUT2D eigenvalue weighted by atomic mass is 31.2. The highest BCUT2D eigenvalue weighted by Crippen LogP contribution is 2.35. The fourth-order valence-corrected chi connectivity index (χ4v) is 2.53. The number of hydrogen-bond donors (Lipinski definition) is 3. The molecule has 9 heteroatoms. The van der Waals surface area contributed by atoms with E-state index in [-0.39, 0.29) is 6.61 Å². The average Bonchev–Trinajstić information content (AvgIpc) is 2.75. The van der Waals surface area contributed by atoms with Crippen molar-refractivity contribution in [1.29, 1.82) is 0 Å². The molecule has 0 amide bonds. The van der Waals surface area contributed by atoms with Crippen molar-refractivity contribution in [1.82, 2.24) is 0 Å². The monoisotopic (exact) mass is 383 g/mol. The second-order valence-corrected chi connectivity index (χ2v) is 7.56. The van der Waals surface area contributed by atoms with Crippen LogP contribution in [0.25, 0.3) is 0 Å². The smallest absolute Gasteiger partial charge is 0.432 e. The summed E-state index contributed by atoms with van der Waals surface area (Å²) in [6.07, 6.45) is 13.6. The third kappa shape index (κ3) is 6.40. The first-order chi connectivity index (χ1) is 12.0. The van der Waals surface area contributed by atoms with Gasteiger partial charge >= 0.3 is 14.0 Å². The highest BCUT2D eigenvalue weighted by molar-refractivity contribution is 7.46. The zero-order chi connectivity index (χ0) is 19.4. The minimum Gasteiger partial charge on any atom is -0.432 e. The Labute approximate surface area is 151 Å². The molecular weight excluding hydrogens is 361 g/mol. The van der Waals surface area contributed by atoms with Gasteiger partial charge in [-0.3, -0.25) is 4.52 Å². The van der Waals surface area contributed by atoms with Crippen LogP contribution in [0, 0.1) is 0 Å². The molecule has 0 saturated carbocycles. The summed E-state index contributed by atoms with van der Waals surface area (Å²) in [6.45, 7) is 2.78. The maximum absolute atomic E-state index is 11.8. The van der Waals surface area contributed by atoms with Crippen LogP contribution in [-0.4, -0.2) is 40.3 Å². The second-order valence-electron chi connectivity index (χ2n) is 6.32. The van der Waals surface area contributed by atoms with Crippen LogP contribution >= 0.6 is 7.82 Å². The lowest BCUT2D eigenvalue weighted by atomic mass is 10.0. The SMILES string of the molecule is CC1(N)C=CC2=C(C=C1)C=CC(C)(OC(=O)OCCOP(=O)(O)O)C=C2. The highest BCUT2D eigenvalue weighted by Gasteiger charge is 2.26. The molecule has 0 spiro atoms. The van der Waals surface area contributed by atoms with Gasteiger partial charge in [0.25, 0.3) is 0 Å². The van der Waals surface area contributed by atoms with Gasteiger partial charge in [0.15, 0.2) is 0 Å². The lowest BCUT2D eigenvalue weighted by Gasteiger charge is -2.21. The molecule has 142 valence electrons. The fraction of sp³-hybridized carbons (Fsp3) is 0.353. The molecule has 0 unspecified atom stereocenters. The van der Waals surface area contributed by atoms with E-state index in [0.29, 0.717) is 0 Å². The standard InChI is InChI=1S/C17H22NO7P/c1-16(18)7-3-13-5-9-17(2,10-6-14(13)4-8-16)25-15(19)23-11-12-24-26(20,21)22/h3-10H,11-12,18H2,1-2H3,(H2,20,21,22). The van der Waals surface area contributed by atoms with Crippen LogP contribution in [0.5, 0.6) is 0 Å². The van der Waals surface area contributed by atoms with E-state index in [9.17, 15) is 9.36 Å². The van der Waals surface area contributed by atoms with Gasteiger partial charge in [0.2, 0.25) is 0 Å². The van der Waals surface area contributed by atoms with Crippen molar-refractivity contribution in [3.63, 3.8) is 0 Å². The van der Waals surface area contributed by atoms with Crippen molar-refractivity contribution in [2.24, 2.45) is 5.73 Å². The third-order valence-electron chi connectivity index (χ3n) is 3.63. The Bertz CT molecular complexity index is 719. The summed E-state index contributed by atoms with van der Waals surface area (Å²) in [4.78, 5) is 28.9. The lowest BCUT2D eigenvalue weighted by molar-refractivity contribution is 0.00923. The number of hydrogen-bond acceptors (Lipinski definition) is 6. The Hall–Kier alpha value is -1.96. The molecule has 0 aliphatic heterocycles. The number of rotatable bonds is 5. The van der Waals surface area contributed by atoms with Gasteiger partial charge in [-0.1, -0.05) is 36.5 Å². The van der Waals surface area contributed by atoms with Gasteiger partial charge in [-0.15, -0.1) is 0 Å². The van der Waals surface area contributed by atoms with Gasteiger partial charge in [-0.05, 0) is 37.1 Å². The molecule has 8 nitrogen and oxygen atoms in total. The maximum Gasteiger partial charge on any atom is 0.509 e. The zero-order valence-corrected chi connectivity index (χ0v) is 15.4. The van der Waals surface area contributed by atoms with E-state index < -0.39 is 31.7 Å². The number of carbonyl (C=O) groups is 1. The van der Waals surface area contributed by atoms with E-state index in [1.807, 2.05) is 43.4 Å². The fourth-order valence-electron chi connectivity index (χ4n) is 2.21. The van der Waals surface area contributed by atoms with Crippen molar-refractivity contribution in [2.45, 2.75) is 25.0 Å². The predicted octanol–water partition coefficient (Wildman–Crippen LogP) is 2.27. The van der Waals surface area contributed by atoms with Crippen molar-refractivity contribution in [3.8, 4) is 0 Å². The van der Waals surface area contributed by atoms with Crippen molar-refractivity contribution in [2.75, 3.05) is 13.2 Å². The molecule has 0 radical (unpaired) electrons. The van der Waals surface area contributed by atoms with Crippen LogP contribution in [0.15, 0.2) is 59.8 Å². The molecular formula is C17H22NO7P. The molecule has 0 atom stereocenters. The molecule has 2 rings (SSSR count). The number of nitrogens with two attached hydrogens (primary N) is 1. The van der Waals surface area contributed by atoms with Crippen molar-refractivity contribution >= 4 is 14.0 Å². The normalized spacial score (nSPS) is 20.3. The van der Waals surface area contributed by atoms with Gasteiger partial charge in [-0.25, -0.2) is 9.36 Å². The predicted molar refractivity (Wildman–Crippen MR) is 95.0 cm³/mol. The van der Waals surface area contributed by atoms with Crippen LogP contribution in [0.2, 0.25) is 0 Å². The summed E-state index contributed by atoms with van der Waals surface area (Å²) in [6, 6.07) is 0. The number of carbonyl (C=O) groups excluding carboxylic acids is 1. The maximum atomic E-state index is 11.8. The van der Waals surface area contributed by atoms with E-state index in [1.165, 1.54) is 0 Å². The van der Waals surface area contributed by atoms with Crippen molar-refractivity contribution < 1.29 is 33.1 Å². The van der Waals surface area contributed by atoms with E-state index in [1.54, 1.807) is 19.1 Å². The first-order valence-corrected chi connectivity index (χ1v) is 9.37. The molecule has 2 aliphatic carbocycles. The Kier molecular flexibility index (Phi) is 6.05. The van der Waals surface area contributed by atoms with E-state index in [4.69, 9.17) is 25.0 Å². The van der Waals surface area contributed by atoms with E-state index in [2.05, 4.69) is 4.52 Å². The minimum atomic E-state index is -4.59. The molecule has 0 fully saturated rings. The van der Waals surface area contributed by atoms with Crippen LogP contribution in [0.1, 0.15) is 13.8 Å². The molecule has 4 N–H and O–H groups in total. The van der Waals surface area contributed by atoms with Crippen LogP contribution < -0.4 is 5.73 Å². The average molecular weight is 383 g/mol. The number of ether oxygens (including phenoxy) is 2. The van der Waals surface area contributed by atoms with Crippen LogP contribution in [-0.2, 0) is 18.6 Å². The molecule has 26 heavy (non-hydrogen) atoms. The first kappa shape index (κ1) is 20.4. The largest absolute Gasteiger partial charge is 0.509 e. The van der Waals surface area contributed by atoms with E-state index in [0.717, 1.165) is 11.1 Å². The Morgan fingerprint density at radius 3 is 2.04 bits per heavy atom. The summed E-state index contributed by atoms with van der Waals surface area (Å²) in [5.41, 5.74) is 6.34. The Balaban J connectivity index is 1.96. The van der Waals surface area contributed by atoms with Crippen LogP contribution in [0.3, 0.4) is 0 Å². The van der Waals surface area contributed by atoms with Gasteiger partial charge in [0.1, 0.15) is 12.2 Å². The molecule has 0 bridgehead atoms. The van der Waals surface area contributed by atoms with Gasteiger partial charge in [0.05, 0.1) is 12.1 Å². The van der Waals surface area contributed by atoms with Gasteiger partial charge in [-0.2, -0.15) is 0 Å². The number of phosphoric acid groups is 1. The lowest BCUT2D eigenvalue weighted by Crippen LogP contribution is -2.30. The quantitative estimate of drug-likeness (QED) is 0.375. The van der Waals surface area contributed by atoms with Gasteiger partial charge < -0.3 is 25.0 Å². The molecule has 2 aliphatic rings. The molecule has 0 aromatic carbocycles. The summed E-state index contributed by atoms with van der Waals surface area (Å²) < 4.78 is 24.8. The molecule has 0 saturated heterocycles. The third-order valence-corrected chi connectivity index (χ3v) is 4.15. The zero-order valence-electron chi connectivity index (χ0n) is 14.5. The van der Waals surface area contributed by atoms with Crippen molar-refractivity contribution in [3.05, 3.63) is 59.8 Å². The Morgan fingerprint density at radius 2 is 1.54 bits per heavy atom. The summed E-state index contributed by atoms with van der Waals surface area (Å²) in [7, 11) is -4.59. The molecule has 0 aromatic heterocycles. The molecule has 0 aromatic rings. The molecule has 0 heterocycles. The Morgan fingerprint density at radius 1 is 1.04 bits per heavy atom. The minimum absolute atomic E-state index is 0.344. The first-order valence-electron chi connectivity index (χ1n) is 7.84. The topological polar surface area (TPSA) is 128 Å². The van der Waals surface area contributed by atoms with Crippen LogP contribution in [0.4, 0.5) is 4.79 Å². The summed E-state index contributed by atoms with van der Waals surface area (Å²) >= 11 is 0. The number of phosphoric ester groups is 1.